The normalized spacial score (nSPS) is 11.1. The highest BCUT2D eigenvalue weighted by atomic mass is 32.1. The molecular formula is C14H7F2NOS. The van der Waals surface area contributed by atoms with E-state index in [4.69, 9.17) is 5.26 Å². The molecule has 94 valence electrons. The van der Waals surface area contributed by atoms with E-state index in [1.165, 1.54) is 23.5 Å². The summed E-state index contributed by atoms with van der Waals surface area (Å²) in [5.41, 5.74) is -0.353. The Bertz CT molecular complexity index is 684. The molecule has 2 aromatic rings. The molecule has 1 aromatic heterocycles. The first-order valence-corrected chi connectivity index (χ1v) is 6.15. The number of rotatable bonds is 3. The number of carbonyl (C=O) groups excluding carboxylic acids is 1. The lowest BCUT2D eigenvalue weighted by atomic mass is 10.1. The van der Waals surface area contributed by atoms with Gasteiger partial charge in [0.05, 0.1) is 4.88 Å². The zero-order valence-electron chi connectivity index (χ0n) is 9.56. The third kappa shape index (κ3) is 2.75. The van der Waals surface area contributed by atoms with Crippen molar-refractivity contribution in [1.29, 1.82) is 5.26 Å². The number of hydrogen-bond acceptors (Lipinski definition) is 3. The second kappa shape index (κ2) is 5.55. The molecule has 0 spiro atoms. The molecule has 5 heteroatoms. The smallest absolute Gasteiger partial charge is 0.213 e. The van der Waals surface area contributed by atoms with Gasteiger partial charge in [-0.2, -0.15) is 5.26 Å². The Balaban J connectivity index is 2.43. The lowest BCUT2D eigenvalue weighted by Crippen LogP contribution is -2.00. The first-order valence-electron chi connectivity index (χ1n) is 5.27. The molecular weight excluding hydrogens is 268 g/mol. The summed E-state index contributed by atoms with van der Waals surface area (Å²) in [5.74, 6) is -2.59. The number of benzene rings is 1. The Morgan fingerprint density at radius 1 is 1.26 bits per heavy atom. The van der Waals surface area contributed by atoms with Gasteiger partial charge >= 0.3 is 0 Å². The number of nitrogens with zero attached hydrogens (tertiary/aromatic N) is 1. The number of thiophene rings is 1. The fourth-order valence-corrected chi connectivity index (χ4v) is 2.15. The molecule has 0 aliphatic carbocycles. The third-order valence-electron chi connectivity index (χ3n) is 2.39. The second-order valence-corrected chi connectivity index (χ2v) is 4.57. The van der Waals surface area contributed by atoms with Crippen LogP contribution < -0.4 is 0 Å². The molecule has 0 fully saturated rings. The largest absolute Gasteiger partial charge is 0.287 e. The molecule has 0 aliphatic rings. The van der Waals surface area contributed by atoms with E-state index >= 15 is 0 Å². The van der Waals surface area contributed by atoms with E-state index in [9.17, 15) is 13.6 Å². The maximum atomic E-state index is 13.5. The summed E-state index contributed by atoms with van der Waals surface area (Å²) < 4.78 is 26.5. The minimum atomic E-state index is -1.07. The number of Topliss-reactive ketones (excluding diaryl/α,β-unsaturated/α-hetero) is 1. The second-order valence-electron chi connectivity index (χ2n) is 3.62. The van der Waals surface area contributed by atoms with Gasteiger partial charge in [-0.1, -0.05) is 18.2 Å². The Morgan fingerprint density at radius 2 is 2.05 bits per heavy atom. The van der Waals surface area contributed by atoms with E-state index in [-0.39, 0.29) is 11.1 Å². The average Bonchev–Trinajstić information content (AvgIpc) is 2.94. The molecule has 0 saturated heterocycles. The van der Waals surface area contributed by atoms with Crippen LogP contribution in [-0.2, 0) is 0 Å². The zero-order chi connectivity index (χ0) is 13.8. The molecule has 0 saturated carbocycles. The summed E-state index contributed by atoms with van der Waals surface area (Å²) in [5, 5.41) is 10.7. The number of allylic oxidation sites excluding steroid dienone is 1. The highest BCUT2D eigenvalue weighted by Crippen LogP contribution is 2.19. The molecule has 0 bridgehead atoms. The molecule has 0 amide bonds. The van der Waals surface area contributed by atoms with Crippen LogP contribution in [-0.4, -0.2) is 5.78 Å². The Morgan fingerprint density at radius 3 is 2.68 bits per heavy atom. The zero-order valence-corrected chi connectivity index (χ0v) is 10.4. The number of carbonyl (C=O) groups is 1. The number of halogens is 2. The molecule has 1 heterocycles. The minimum absolute atomic E-state index is 0.124. The topological polar surface area (TPSA) is 40.9 Å². The quantitative estimate of drug-likeness (QED) is 0.485. The van der Waals surface area contributed by atoms with Crippen LogP contribution in [0, 0.1) is 23.0 Å². The van der Waals surface area contributed by atoms with Crippen LogP contribution in [0.4, 0.5) is 8.78 Å². The van der Waals surface area contributed by atoms with Gasteiger partial charge in [-0.15, -0.1) is 11.3 Å². The predicted octanol–water partition coefficient (Wildman–Crippen LogP) is 3.82. The molecule has 2 nitrogen and oxygen atoms in total. The third-order valence-corrected chi connectivity index (χ3v) is 3.26. The summed E-state index contributed by atoms with van der Waals surface area (Å²) in [6.07, 6.45) is 1.06. The highest BCUT2D eigenvalue weighted by molar-refractivity contribution is 7.12. The van der Waals surface area contributed by atoms with Crippen LogP contribution in [0.3, 0.4) is 0 Å². The standard InChI is InChI=1S/C14H7F2NOS/c15-11-4-1-3-9(13(11)16)7-10(8-17)14(18)12-5-2-6-19-12/h1-7H/b10-7-. The minimum Gasteiger partial charge on any atom is -0.287 e. The molecule has 0 aliphatic heterocycles. The van der Waals surface area contributed by atoms with Crippen LogP contribution in [0.5, 0.6) is 0 Å². The maximum Gasteiger partial charge on any atom is 0.213 e. The van der Waals surface area contributed by atoms with Gasteiger partial charge in [0.15, 0.2) is 11.6 Å². The fraction of sp³-hybridized carbons (Fsp3) is 0. The van der Waals surface area contributed by atoms with Crippen molar-refractivity contribution in [1.82, 2.24) is 0 Å². The molecule has 0 radical (unpaired) electrons. The van der Waals surface area contributed by atoms with Crippen LogP contribution in [0.25, 0.3) is 6.08 Å². The number of hydrogen-bond donors (Lipinski definition) is 0. The van der Waals surface area contributed by atoms with Crippen LogP contribution >= 0.6 is 11.3 Å². The van der Waals surface area contributed by atoms with E-state index in [0.29, 0.717) is 4.88 Å². The van der Waals surface area contributed by atoms with Crippen molar-refractivity contribution < 1.29 is 13.6 Å². The van der Waals surface area contributed by atoms with Gasteiger partial charge in [0.2, 0.25) is 5.78 Å². The van der Waals surface area contributed by atoms with E-state index < -0.39 is 17.4 Å². The highest BCUT2D eigenvalue weighted by Gasteiger charge is 2.14. The average molecular weight is 275 g/mol. The summed E-state index contributed by atoms with van der Waals surface area (Å²) in [4.78, 5) is 12.3. The number of nitriles is 1. The first-order chi connectivity index (χ1) is 9.13. The van der Waals surface area contributed by atoms with Gasteiger partial charge in [0.25, 0.3) is 0 Å². The summed E-state index contributed by atoms with van der Waals surface area (Å²) in [7, 11) is 0. The molecule has 0 atom stereocenters. The van der Waals surface area contributed by atoms with E-state index in [2.05, 4.69) is 0 Å². The first kappa shape index (κ1) is 13.1. The monoisotopic (exact) mass is 275 g/mol. The summed E-state index contributed by atoms with van der Waals surface area (Å²) >= 11 is 1.18. The van der Waals surface area contributed by atoms with Crippen molar-refractivity contribution in [2.45, 2.75) is 0 Å². The Labute approximate surface area is 112 Å². The van der Waals surface area contributed by atoms with Gasteiger partial charge in [-0.25, -0.2) is 8.78 Å². The molecule has 0 N–H and O–H groups in total. The SMILES string of the molecule is N#C/C(=C/c1cccc(F)c1F)C(=O)c1cccs1. The van der Waals surface area contributed by atoms with E-state index in [1.54, 1.807) is 23.6 Å². The van der Waals surface area contributed by atoms with Gasteiger partial charge in [0, 0.05) is 5.56 Å². The van der Waals surface area contributed by atoms with Crippen molar-refractivity contribution >= 4 is 23.2 Å². The van der Waals surface area contributed by atoms with Crippen LogP contribution in [0.1, 0.15) is 15.2 Å². The molecule has 19 heavy (non-hydrogen) atoms. The molecule has 1 aromatic carbocycles. The van der Waals surface area contributed by atoms with E-state index in [1.807, 2.05) is 0 Å². The van der Waals surface area contributed by atoms with Crippen molar-refractivity contribution in [3.63, 3.8) is 0 Å². The van der Waals surface area contributed by atoms with Gasteiger partial charge < -0.3 is 0 Å². The van der Waals surface area contributed by atoms with Crippen molar-refractivity contribution in [3.05, 3.63) is 63.4 Å². The van der Waals surface area contributed by atoms with Gasteiger partial charge in [-0.05, 0) is 23.6 Å². The molecule has 0 unspecified atom stereocenters. The maximum absolute atomic E-state index is 13.5. The van der Waals surface area contributed by atoms with Crippen molar-refractivity contribution in [3.8, 4) is 6.07 Å². The Hall–Kier alpha value is -2.32. The number of ketones is 1. The fourth-order valence-electron chi connectivity index (χ4n) is 1.48. The van der Waals surface area contributed by atoms with Crippen molar-refractivity contribution in [2.75, 3.05) is 0 Å². The lowest BCUT2D eigenvalue weighted by Gasteiger charge is -1.99. The van der Waals surface area contributed by atoms with Gasteiger partial charge in [-0.3, -0.25) is 4.79 Å². The van der Waals surface area contributed by atoms with Crippen molar-refractivity contribution in [2.24, 2.45) is 0 Å². The lowest BCUT2D eigenvalue weighted by molar-refractivity contribution is 0.104. The van der Waals surface area contributed by atoms with Gasteiger partial charge in [0.1, 0.15) is 11.6 Å². The summed E-state index contributed by atoms with van der Waals surface area (Å²) in [6.45, 7) is 0. The van der Waals surface area contributed by atoms with E-state index in [0.717, 1.165) is 12.1 Å². The van der Waals surface area contributed by atoms with Crippen LogP contribution in [0.15, 0.2) is 41.3 Å². The van der Waals surface area contributed by atoms with Crippen LogP contribution in [0.2, 0.25) is 0 Å². The molecule has 2 rings (SSSR count). The Kier molecular flexibility index (Phi) is 3.83. The predicted molar refractivity (Wildman–Crippen MR) is 68.6 cm³/mol. The summed E-state index contributed by atoms with van der Waals surface area (Å²) in [6, 6.07) is 8.55.